The van der Waals surface area contributed by atoms with Gasteiger partial charge in [-0.3, -0.25) is 9.59 Å². The van der Waals surface area contributed by atoms with Crippen LogP contribution in [0.4, 0.5) is 0 Å². The van der Waals surface area contributed by atoms with Gasteiger partial charge in [-0.25, -0.2) is 0 Å². The van der Waals surface area contributed by atoms with E-state index in [-0.39, 0.29) is 0 Å². The number of benzene rings is 2. The molecule has 3 rings (SSSR count). The molecule has 112 valence electrons. The van der Waals surface area contributed by atoms with Crippen molar-refractivity contribution in [2.75, 3.05) is 0 Å². The molecule has 0 radical (unpaired) electrons. The van der Waals surface area contributed by atoms with Crippen LogP contribution in [0.3, 0.4) is 0 Å². The van der Waals surface area contributed by atoms with E-state index in [1.807, 2.05) is 25.1 Å². The highest BCUT2D eigenvalue weighted by Crippen LogP contribution is 2.33. The average Bonchev–Trinajstić information content (AvgIpc) is 2.43. The molecule has 0 bridgehead atoms. The summed E-state index contributed by atoms with van der Waals surface area (Å²) in [6, 6.07) is 7.45. The lowest BCUT2D eigenvalue weighted by Gasteiger charge is -2.24. The van der Waals surface area contributed by atoms with E-state index in [1.54, 1.807) is 6.07 Å². The standard InChI is InChI=1S/C17H16N2O2S/c1-8-2-9-5-13-10(4-11(22)7-15(13)17(19)21)6-12(9)14(3-8)16(18)20/h2-4,7,22H,5-6H2,1H3,(H2,18,20)(H2,19,21). The number of fused-ring (bicyclic) bond motifs is 2. The minimum Gasteiger partial charge on any atom is -0.366 e. The Morgan fingerprint density at radius 3 is 1.95 bits per heavy atom. The molecule has 0 fully saturated rings. The molecule has 1 aliphatic rings. The van der Waals surface area contributed by atoms with E-state index in [1.165, 1.54) is 0 Å². The number of hydrogen-bond donors (Lipinski definition) is 3. The van der Waals surface area contributed by atoms with Gasteiger partial charge in [0.15, 0.2) is 0 Å². The molecule has 4 N–H and O–H groups in total. The Morgan fingerprint density at radius 2 is 1.41 bits per heavy atom. The van der Waals surface area contributed by atoms with E-state index in [0.29, 0.717) is 28.9 Å². The highest BCUT2D eigenvalue weighted by atomic mass is 32.1. The second-order valence-electron chi connectivity index (χ2n) is 5.66. The molecule has 5 heteroatoms. The van der Waals surface area contributed by atoms with Crippen LogP contribution in [0.2, 0.25) is 0 Å². The zero-order valence-electron chi connectivity index (χ0n) is 12.1. The van der Waals surface area contributed by atoms with Crippen molar-refractivity contribution in [1.82, 2.24) is 0 Å². The van der Waals surface area contributed by atoms with Crippen molar-refractivity contribution in [3.05, 3.63) is 63.2 Å². The molecule has 4 nitrogen and oxygen atoms in total. The second-order valence-corrected chi connectivity index (χ2v) is 6.18. The summed E-state index contributed by atoms with van der Waals surface area (Å²) in [4.78, 5) is 24.1. The van der Waals surface area contributed by atoms with Crippen LogP contribution in [0.25, 0.3) is 0 Å². The molecule has 0 saturated carbocycles. The van der Waals surface area contributed by atoms with E-state index in [0.717, 1.165) is 27.8 Å². The molecule has 0 unspecified atom stereocenters. The molecule has 0 aliphatic heterocycles. The predicted molar refractivity (Wildman–Crippen MR) is 87.5 cm³/mol. The fraction of sp³-hybridized carbons (Fsp3) is 0.176. The third-order valence-corrected chi connectivity index (χ3v) is 4.34. The number of aryl methyl sites for hydroxylation is 1. The zero-order chi connectivity index (χ0) is 16.0. The quantitative estimate of drug-likeness (QED) is 0.632. The molecule has 2 aromatic carbocycles. The fourth-order valence-corrected chi connectivity index (χ4v) is 3.45. The second kappa shape index (κ2) is 5.18. The number of carbonyl (C=O) groups excluding carboxylic acids is 2. The van der Waals surface area contributed by atoms with E-state index < -0.39 is 11.8 Å². The van der Waals surface area contributed by atoms with E-state index in [4.69, 9.17) is 11.5 Å². The third-order valence-electron chi connectivity index (χ3n) is 4.08. The lowest BCUT2D eigenvalue weighted by Crippen LogP contribution is -2.21. The molecular formula is C17H16N2O2S. The number of nitrogens with two attached hydrogens (primary N) is 2. The minimum absolute atomic E-state index is 0.430. The largest absolute Gasteiger partial charge is 0.366 e. The molecule has 2 amide bonds. The Bertz CT molecular complexity index is 758. The first kappa shape index (κ1) is 14.7. The van der Waals surface area contributed by atoms with Crippen LogP contribution in [0, 0.1) is 6.92 Å². The first-order chi connectivity index (χ1) is 10.4. The van der Waals surface area contributed by atoms with Gasteiger partial charge in [0.2, 0.25) is 11.8 Å². The van der Waals surface area contributed by atoms with Gasteiger partial charge in [0.25, 0.3) is 0 Å². The van der Waals surface area contributed by atoms with Crippen LogP contribution in [0.1, 0.15) is 48.5 Å². The molecule has 1 aliphatic carbocycles. The van der Waals surface area contributed by atoms with Crippen molar-refractivity contribution in [2.45, 2.75) is 24.7 Å². The van der Waals surface area contributed by atoms with Gasteiger partial charge in [0.05, 0.1) is 0 Å². The highest BCUT2D eigenvalue weighted by molar-refractivity contribution is 7.80. The molecule has 22 heavy (non-hydrogen) atoms. The fourth-order valence-electron chi connectivity index (χ4n) is 3.16. The monoisotopic (exact) mass is 312 g/mol. The summed E-state index contributed by atoms with van der Waals surface area (Å²) in [5, 5.41) is 0. The number of primary amides is 2. The summed E-state index contributed by atoms with van der Waals surface area (Å²) in [6.45, 7) is 1.92. The Labute approximate surface area is 133 Å². The van der Waals surface area contributed by atoms with Crippen molar-refractivity contribution in [3.8, 4) is 0 Å². The van der Waals surface area contributed by atoms with E-state index in [2.05, 4.69) is 12.6 Å². The van der Waals surface area contributed by atoms with Crippen LogP contribution in [0.15, 0.2) is 29.2 Å². The van der Waals surface area contributed by atoms with Gasteiger partial charge in [-0.2, -0.15) is 0 Å². The Morgan fingerprint density at radius 1 is 0.909 bits per heavy atom. The van der Waals surface area contributed by atoms with Gasteiger partial charge in [-0.15, -0.1) is 12.6 Å². The number of carbonyl (C=O) groups is 2. The summed E-state index contributed by atoms with van der Waals surface area (Å²) in [6.07, 6.45) is 1.12. The normalized spacial score (nSPS) is 12.5. The number of amides is 2. The number of rotatable bonds is 2. The number of hydrogen-bond acceptors (Lipinski definition) is 3. The summed E-state index contributed by atoms with van der Waals surface area (Å²) in [5.41, 5.74) is 16.9. The zero-order valence-corrected chi connectivity index (χ0v) is 13.0. The molecule has 0 spiro atoms. The summed E-state index contributed by atoms with van der Waals surface area (Å²) in [7, 11) is 0. The van der Waals surface area contributed by atoms with Crippen molar-refractivity contribution in [3.63, 3.8) is 0 Å². The molecule has 0 aromatic heterocycles. The molecule has 0 heterocycles. The van der Waals surface area contributed by atoms with Crippen molar-refractivity contribution in [2.24, 2.45) is 11.5 Å². The van der Waals surface area contributed by atoms with Gasteiger partial charge in [-0.05, 0) is 60.2 Å². The molecule has 2 aromatic rings. The summed E-state index contributed by atoms with van der Waals surface area (Å²) >= 11 is 4.34. The highest BCUT2D eigenvalue weighted by Gasteiger charge is 2.24. The van der Waals surface area contributed by atoms with Crippen molar-refractivity contribution in [1.29, 1.82) is 0 Å². The van der Waals surface area contributed by atoms with Gasteiger partial charge in [0.1, 0.15) is 0 Å². The topological polar surface area (TPSA) is 86.2 Å². The summed E-state index contributed by atoms with van der Waals surface area (Å²) in [5.74, 6) is -0.890. The Kier molecular flexibility index (Phi) is 3.45. The lowest BCUT2D eigenvalue weighted by molar-refractivity contribution is 0.0990. The van der Waals surface area contributed by atoms with Crippen LogP contribution >= 0.6 is 12.6 Å². The van der Waals surface area contributed by atoms with Crippen molar-refractivity contribution < 1.29 is 9.59 Å². The molecule has 0 saturated heterocycles. The predicted octanol–water partition coefficient (Wildman–Crippen LogP) is 1.98. The van der Waals surface area contributed by atoms with Gasteiger partial charge >= 0.3 is 0 Å². The van der Waals surface area contributed by atoms with E-state index in [9.17, 15) is 9.59 Å². The van der Waals surface area contributed by atoms with Crippen LogP contribution in [-0.4, -0.2) is 11.8 Å². The van der Waals surface area contributed by atoms with Crippen molar-refractivity contribution >= 4 is 24.4 Å². The smallest absolute Gasteiger partial charge is 0.249 e. The molecular weight excluding hydrogens is 296 g/mol. The maximum Gasteiger partial charge on any atom is 0.249 e. The minimum atomic E-state index is -0.460. The van der Waals surface area contributed by atoms with Gasteiger partial charge in [0, 0.05) is 16.0 Å². The lowest BCUT2D eigenvalue weighted by atomic mass is 9.80. The SMILES string of the molecule is Cc1cc2c(c(C(N)=O)c1)Cc1cc(S)cc(C(N)=O)c1C2. The first-order valence-electron chi connectivity index (χ1n) is 6.93. The van der Waals surface area contributed by atoms with E-state index >= 15 is 0 Å². The van der Waals surface area contributed by atoms with Gasteiger partial charge < -0.3 is 11.5 Å². The Hall–Kier alpha value is -2.27. The molecule has 0 atom stereocenters. The maximum absolute atomic E-state index is 11.7. The average molecular weight is 312 g/mol. The van der Waals surface area contributed by atoms with Gasteiger partial charge in [-0.1, -0.05) is 11.6 Å². The first-order valence-corrected chi connectivity index (χ1v) is 7.38. The number of thiol groups is 1. The Balaban J connectivity index is 2.22. The summed E-state index contributed by atoms with van der Waals surface area (Å²) < 4.78 is 0. The third kappa shape index (κ3) is 2.37. The van der Waals surface area contributed by atoms with Crippen LogP contribution in [-0.2, 0) is 12.8 Å². The van der Waals surface area contributed by atoms with Crippen LogP contribution in [0.5, 0.6) is 0 Å². The van der Waals surface area contributed by atoms with Crippen LogP contribution < -0.4 is 11.5 Å². The maximum atomic E-state index is 11.7.